The molecule has 0 atom stereocenters. The molecule has 15 heavy (non-hydrogen) atoms. The van der Waals surface area contributed by atoms with Gasteiger partial charge in [0.25, 0.3) is 0 Å². The summed E-state index contributed by atoms with van der Waals surface area (Å²) in [5.74, 6) is 0.0539. The number of nitrogen functional groups attached to an aromatic ring is 1. The van der Waals surface area contributed by atoms with E-state index in [0.29, 0.717) is 22.5 Å². The van der Waals surface area contributed by atoms with E-state index >= 15 is 0 Å². The van der Waals surface area contributed by atoms with E-state index < -0.39 is 5.97 Å². The molecule has 0 unspecified atom stereocenters. The number of hydrogen-bond donors (Lipinski definition) is 1. The molecule has 0 aliphatic rings. The zero-order valence-electron chi connectivity index (χ0n) is 8.33. The fraction of sp³-hybridized carbons (Fsp3) is 0.300. The Hall–Kier alpha value is -1.23. The van der Waals surface area contributed by atoms with Crippen molar-refractivity contribution in [3.05, 3.63) is 22.7 Å². The summed E-state index contributed by atoms with van der Waals surface area (Å²) in [4.78, 5) is 11.0. The predicted molar refractivity (Wildman–Crippen MR) is 60.7 cm³/mol. The maximum atomic E-state index is 11.0. The highest BCUT2D eigenvalue weighted by molar-refractivity contribution is 9.10. The van der Waals surface area contributed by atoms with Crippen LogP contribution < -0.4 is 10.5 Å². The van der Waals surface area contributed by atoms with Crippen molar-refractivity contribution in [2.45, 2.75) is 6.92 Å². The molecule has 0 amide bonds. The molecule has 0 aromatic heterocycles. The molecule has 0 saturated carbocycles. The van der Waals surface area contributed by atoms with Crippen LogP contribution in [0.3, 0.4) is 0 Å². The lowest BCUT2D eigenvalue weighted by Gasteiger charge is -2.09. The maximum Gasteiger partial charge on any atom is 0.344 e. The van der Waals surface area contributed by atoms with Crippen LogP contribution in [0.5, 0.6) is 5.75 Å². The summed E-state index contributed by atoms with van der Waals surface area (Å²) < 4.78 is 10.7. The summed E-state index contributed by atoms with van der Waals surface area (Å²) in [6.45, 7) is 1.94. The largest absolute Gasteiger partial charge is 0.479 e. The van der Waals surface area contributed by atoms with Crippen molar-refractivity contribution < 1.29 is 14.3 Å². The van der Waals surface area contributed by atoms with E-state index in [9.17, 15) is 4.79 Å². The zero-order valence-corrected chi connectivity index (χ0v) is 9.91. The Kier molecular flexibility index (Phi) is 4.42. The Bertz CT molecular complexity index is 334. The Morgan fingerprint density at radius 2 is 2.27 bits per heavy atom. The minimum absolute atomic E-state index is 0.138. The van der Waals surface area contributed by atoms with Gasteiger partial charge in [0, 0.05) is 0 Å². The average Bonchev–Trinajstić information content (AvgIpc) is 2.17. The first kappa shape index (κ1) is 11.8. The summed E-state index contributed by atoms with van der Waals surface area (Å²) in [6, 6.07) is 5.28. The highest BCUT2D eigenvalue weighted by Gasteiger charge is 2.08. The standard InChI is InChI=1S/C10H12BrNO3/c1-2-14-9(13)6-15-10-7(11)4-3-5-8(10)12/h3-5H,2,6,12H2,1H3. The molecule has 4 nitrogen and oxygen atoms in total. The van der Waals surface area contributed by atoms with Crippen molar-refractivity contribution in [2.24, 2.45) is 0 Å². The van der Waals surface area contributed by atoms with E-state index in [1.165, 1.54) is 0 Å². The van der Waals surface area contributed by atoms with Crippen LogP contribution in [0, 0.1) is 0 Å². The van der Waals surface area contributed by atoms with E-state index in [4.69, 9.17) is 15.2 Å². The SMILES string of the molecule is CCOC(=O)COc1c(N)cccc1Br. The van der Waals surface area contributed by atoms with Gasteiger partial charge < -0.3 is 15.2 Å². The van der Waals surface area contributed by atoms with Crippen LogP contribution in [0.15, 0.2) is 22.7 Å². The van der Waals surface area contributed by atoms with Crippen molar-refractivity contribution in [3.63, 3.8) is 0 Å². The zero-order chi connectivity index (χ0) is 11.3. The fourth-order valence-corrected chi connectivity index (χ4v) is 1.51. The normalized spacial score (nSPS) is 9.73. The average molecular weight is 274 g/mol. The molecule has 0 aliphatic carbocycles. The fourth-order valence-electron chi connectivity index (χ4n) is 1.01. The molecule has 1 aromatic carbocycles. The topological polar surface area (TPSA) is 61.5 Å². The second-order valence-electron chi connectivity index (χ2n) is 2.75. The molecule has 0 spiro atoms. The third kappa shape index (κ3) is 3.43. The van der Waals surface area contributed by atoms with Crippen molar-refractivity contribution in [2.75, 3.05) is 18.9 Å². The molecule has 2 N–H and O–H groups in total. The van der Waals surface area contributed by atoms with Crippen LogP contribution in [-0.2, 0) is 9.53 Å². The number of benzene rings is 1. The number of nitrogens with two attached hydrogens (primary N) is 1. The molecular formula is C10H12BrNO3. The quantitative estimate of drug-likeness (QED) is 0.673. The summed E-state index contributed by atoms with van der Waals surface area (Å²) in [5, 5.41) is 0. The predicted octanol–water partition coefficient (Wildman–Crippen LogP) is 1.97. The molecule has 0 aliphatic heterocycles. The van der Waals surface area contributed by atoms with Crippen LogP contribution >= 0.6 is 15.9 Å². The molecule has 0 fully saturated rings. The van der Waals surface area contributed by atoms with E-state index in [2.05, 4.69) is 15.9 Å². The number of hydrogen-bond acceptors (Lipinski definition) is 4. The lowest BCUT2D eigenvalue weighted by Crippen LogP contribution is -2.15. The highest BCUT2D eigenvalue weighted by atomic mass is 79.9. The maximum absolute atomic E-state index is 11.0. The second-order valence-corrected chi connectivity index (χ2v) is 3.61. The van der Waals surface area contributed by atoms with Gasteiger partial charge in [-0.15, -0.1) is 0 Å². The molecule has 1 aromatic rings. The van der Waals surface area contributed by atoms with Crippen LogP contribution in [-0.4, -0.2) is 19.2 Å². The molecule has 1 rings (SSSR count). The number of esters is 1. The lowest BCUT2D eigenvalue weighted by molar-refractivity contribution is -0.145. The number of para-hydroxylation sites is 1. The van der Waals surface area contributed by atoms with Gasteiger partial charge in [0.1, 0.15) is 0 Å². The van der Waals surface area contributed by atoms with Crippen LogP contribution in [0.25, 0.3) is 0 Å². The Morgan fingerprint density at radius 1 is 1.53 bits per heavy atom. The smallest absolute Gasteiger partial charge is 0.344 e. The van der Waals surface area contributed by atoms with Gasteiger partial charge in [0.2, 0.25) is 0 Å². The van der Waals surface area contributed by atoms with Crippen molar-refractivity contribution in [1.29, 1.82) is 0 Å². The van der Waals surface area contributed by atoms with Gasteiger partial charge in [-0.25, -0.2) is 4.79 Å². The third-order valence-corrected chi connectivity index (χ3v) is 2.26. The Balaban J connectivity index is 2.61. The molecule has 0 radical (unpaired) electrons. The second kappa shape index (κ2) is 5.60. The van der Waals surface area contributed by atoms with Gasteiger partial charge in [0.15, 0.2) is 12.4 Å². The highest BCUT2D eigenvalue weighted by Crippen LogP contribution is 2.30. The summed E-state index contributed by atoms with van der Waals surface area (Å²) >= 11 is 3.28. The van der Waals surface area contributed by atoms with Gasteiger partial charge in [-0.2, -0.15) is 0 Å². The van der Waals surface area contributed by atoms with Gasteiger partial charge in [-0.3, -0.25) is 0 Å². The molecule has 0 bridgehead atoms. The van der Waals surface area contributed by atoms with Gasteiger partial charge in [-0.05, 0) is 35.0 Å². The minimum atomic E-state index is -0.410. The molecule has 82 valence electrons. The number of rotatable bonds is 4. The lowest BCUT2D eigenvalue weighted by atomic mass is 10.3. The number of ether oxygens (including phenoxy) is 2. The first-order chi connectivity index (χ1) is 7.15. The first-order valence-corrected chi connectivity index (χ1v) is 5.27. The third-order valence-electron chi connectivity index (χ3n) is 1.64. The van der Waals surface area contributed by atoms with Crippen LogP contribution in [0.1, 0.15) is 6.92 Å². The minimum Gasteiger partial charge on any atom is -0.479 e. The molecule has 5 heteroatoms. The van der Waals surface area contributed by atoms with Crippen molar-refractivity contribution >= 4 is 27.6 Å². The van der Waals surface area contributed by atoms with Crippen LogP contribution in [0.4, 0.5) is 5.69 Å². The number of halogens is 1. The van der Waals surface area contributed by atoms with Crippen LogP contribution in [0.2, 0.25) is 0 Å². The summed E-state index contributed by atoms with van der Waals surface area (Å²) in [5.41, 5.74) is 6.15. The molecule has 0 heterocycles. The number of carbonyl (C=O) groups is 1. The Labute approximate surface area is 96.5 Å². The van der Waals surface area contributed by atoms with Gasteiger partial charge in [0.05, 0.1) is 16.8 Å². The van der Waals surface area contributed by atoms with E-state index in [1.54, 1.807) is 25.1 Å². The van der Waals surface area contributed by atoms with Gasteiger partial charge in [-0.1, -0.05) is 6.07 Å². The Morgan fingerprint density at radius 3 is 2.87 bits per heavy atom. The van der Waals surface area contributed by atoms with E-state index in [1.807, 2.05) is 0 Å². The summed E-state index contributed by atoms with van der Waals surface area (Å²) in [6.07, 6.45) is 0. The van der Waals surface area contributed by atoms with Gasteiger partial charge >= 0.3 is 5.97 Å². The number of carbonyl (C=O) groups excluding carboxylic acids is 1. The van der Waals surface area contributed by atoms with E-state index in [-0.39, 0.29) is 6.61 Å². The van der Waals surface area contributed by atoms with E-state index in [0.717, 1.165) is 0 Å². The number of anilines is 1. The first-order valence-electron chi connectivity index (χ1n) is 4.47. The molecule has 0 saturated heterocycles. The summed E-state index contributed by atoms with van der Waals surface area (Å²) in [7, 11) is 0. The monoisotopic (exact) mass is 273 g/mol. The van der Waals surface area contributed by atoms with Crippen molar-refractivity contribution in [3.8, 4) is 5.75 Å². The molecular weight excluding hydrogens is 262 g/mol. The van der Waals surface area contributed by atoms with Crippen molar-refractivity contribution in [1.82, 2.24) is 0 Å².